The third kappa shape index (κ3) is 5.17. The summed E-state index contributed by atoms with van der Waals surface area (Å²) in [7, 11) is 0. The van der Waals surface area contributed by atoms with Gasteiger partial charge in [0.1, 0.15) is 5.82 Å². The highest BCUT2D eigenvalue weighted by atomic mass is 35.5. The van der Waals surface area contributed by atoms with Crippen LogP contribution in [-0.2, 0) is 17.8 Å². The highest BCUT2D eigenvalue weighted by Crippen LogP contribution is 2.28. The van der Waals surface area contributed by atoms with Crippen molar-refractivity contribution in [2.24, 2.45) is 0 Å². The monoisotopic (exact) mass is 410 g/mol. The molecule has 0 bridgehead atoms. The van der Waals surface area contributed by atoms with Gasteiger partial charge in [0.15, 0.2) is 5.82 Å². The van der Waals surface area contributed by atoms with Gasteiger partial charge < -0.3 is 10.6 Å². The number of rotatable bonds is 7. The number of nitrogens with one attached hydrogen (secondary N) is 2. The normalized spacial score (nSPS) is 14.2. The number of hydrogen-bond donors (Lipinski definition) is 2. The van der Waals surface area contributed by atoms with E-state index in [4.69, 9.17) is 11.6 Å². The highest BCUT2D eigenvalue weighted by Gasteiger charge is 2.17. The van der Waals surface area contributed by atoms with E-state index in [-0.39, 0.29) is 12.5 Å². The lowest BCUT2D eigenvalue weighted by Gasteiger charge is -2.16. The average Bonchev–Trinajstić information content (AvgIpc) is 3.25. The smallest absolute Gasteiger partial charge is 0.220 e. The molecule has 8 heteroatoms. The molecule has 7 nitrogen and oxygen atoms in total. The molecule has 0 saturated heterocycles. The van der Waals surface area contributed by atoms with Gasteiger partial charge in [-0.2, -0.15) is 0 Å². The van der Waals surface area contributed by atoms with Crippen LogP contribution in [-0.4, -0.2) is 31.9 Å². The maximum absolute atomic E-state index is 12.2. The second kappa shape index (κ2) is 9.13. The number of nitrogens with zero attached hydrogens (tertiary/aromatic N) is 4. The number of anilines is 1. The van der Waals surface area contributed by atoms with Crippen LogP contribution < -0.4 is 10.6 Å². The van der Waals surface area contributed by atoms with Crippen molar-refractivity contribution in [1.82, 2.24) is 25.3 Å². The summed E-state index contributed by atoms with van der Waals surface area (Å²) in [6.07, 6.45) is 10.5. The fraction of sp³-hybridized carbons (Fsp3) is 0.381. The molecule has 29 heavy (non-hydrogen) atoms. The molecule has 1 amide bonds. The van der Waals surface area contributed by atoms with E-state index < -0.39 is 0 Å². The summed E-state index contributed by atoms with van der Waals surface area (Å²) in [6.45, 7) is 0.275. The zero-order chi connectivity index (χ0) is 20.1. The first-order valence-corrected chi connectivity index (χ1v) is 10.3. The van der Waals surface area contributed by atoms with E-state index in [1.165, 1.54) is 12.8 Å². The number of amides is 1. The molecule has 0 aliphatic heterocycles. The molecule has 1 aliphatic rings. The number of hydrogen-bond acceptors (Lipinski definition) is 6. The molecule has 1 fully saturated rings. The van der Waals surface area contributed by atoms with Crippen molar-refractivity contribution >= 4 is 34.2 Å². The van der Waals surface area contributed by atoms with Crippen LogP contribution in [0.1, 0.15) is 43.6 Å². The molecule has 2 N–H and O–H groups in total. The molecule has 0 spiro atoms. The molecular formula is C21H23ClN6O. The minimum absolute atomic E-state index is 0.0687. The SMILES string of the molecule is O=C(CCc1cnccn1)NCc1nc(NC2CCCC2)c2cc(Cl)ccc2n1. The summed E-state index contributed by atoms with van der Waals surface area (Å²) in [5.74, 6) is 1.29. The number of halogens is 1. The van der Waals surface area contributed by atoms with Crippen LogP contribution in [0.4, 0.5) is 5.82 Å². The van der Waals surface area contributed by atoms with E-state index in [1.807, 2.05) is 18.2 Å². The Balaban J connectivity index is 1.45. The van der Waals surface area contributed by atoms with Gasteiger partial charge in [0.05, 0.1) is 17.8 Å². The van der Waals surface area contributed by atoms with Crippen molar-refractivity contribution in [3.8, 4) is 0 Å². The van der Waals surface area contributed by atoms with Gasteiger partial charge in [0, 0.05) is 41.5 Å². The molecule has 0 atom stereocenters. The van der Waals surface area contributed by atoms with Crippen molar-refractivity contribution in [2.45, 2.75) is 51.1 Å². The fourth-order valence-electron chi connectivity index (χ4n) is 3.57. The van der Waals surface area contributed by atoms with Crippen LogP contribution in [0.15, 0.2) is 36.8 Å². The number of fused-ring (bicyclic) bond motifs is 1. The van der Waals surface area contributed by atoms with Gasteiger partial charge in [-0.25, -0.2) is 9.97 Å². The van der Waals surface area contributed by atoms with Gasteiger partial charge in [-0.05, 0) is 37.5 Å². The number of carbonyl (C=O) groups is 1. The van der Waals surface area contributed by atoms with Crippen LogP contribution >= 0.6 is 11.6 Å². The molecule has 2 heterocycles. The summed E-state index contributed by atoms with van der Waals surface area (Å²) >= 11 is 6.19. The summed E-state index contributed by atoms with van der Waals surface area (Å²) in [5, 5.41) is 8.01. The molecule has 2 aromatic heterocycles. The van der Waals surface area contributed by atoms with Crippen LogP contribution in [0.3, 0.4) is 0 Å². The zero-order valence-electron chi connectivity index (χ0n) is 16.1. The molecule has 1 aromatic carbocycles. The Morgan fingerprint density at radius 2 is 2.03 bits per heavy atom. The van der Waals surface area contributed by atoms with Crippen molar-refractivity contribution in [2.75, 3.05) is 5.32 Å². The lowest BCUT2D eigenvalue weighted by Crippen LogP contribution is -2.25. The predicted molar refractivity (Wildman–Crippen MR) is 113 cm³/mol. The molecule has 1 aliphatic carbocycles. The van der Waals surface area contributed by atoms with E-state index in [1.54, 1.807) is 18.6 Å². The number of aromatic nitrogens is 4. The summed E-state index contributed by atoms with van der Waals surface area (Å²) in [6, 6.07) is 6.01. The van der Waals surface area contributed by atoms with E-state index in [2.05, 4.69) is 30.6 Å². The zero-order valence-corrected chi connectivity index (χ0v) is 16.8. The van der Waals surface area contributed by atoms with Gasteiger partial charge in [0.25, 0.3) is 0 Å². The van der Waals surface area contributed by atoms with Crippen LogP contribution in [0, 0.1) is 0 Å². The quantitative estimate of drug-likeness (QED) is 0.617. The first-order chi connectivity index (χ1) is 14.2. The topological polar surface area (TPSA) is 92.7 Å². The molecule has 150 valence electrons. The van der Waals surface area contributed by atoms with Crippen molar-refractivity contribution in [1.29, 1.82) is 0 Å². The predicted octanol–water partition coefficient (Wildman–Crippen LogP) is 3.68. The Labute approximate surface area is 174 Å². The minimum Gasteiger partial charge on any atom is -0.367 e. The first kappa shape index (κ1) is 19.5. The van der Waals surface area contributed by atoms with Gasteiger partial charge in [0.2, 0.25) is 5.91 Å². The first-order valence-electron chi connectivity index (χ1n) is 9.92. The minimum atomic E-state index is -0.0687. The van der Waals surface area contributed by atoms with Gasteiger partial charge in [-0.1, -0.05) is 24.4 Å². The maximum atomic E-state index is 12.2. The Bertz CT molecular complexity index is 991. The van der Waals surface area contributed by atoms with Gasteiger partial charge >= 0.3 is 0 Å². The van der Waals surface area contributed by atoms with Gasteiger partial charge in [-0.3, -0.25) is 14.8 Å². The number of carbonyl (C=O) groups excluding carboxylic acids is 1. The van der Waals surface area contributed by atoms with Crippen LogP contribution in [0.2, 0.25) is 5.02 Å². The second-order valence-electron chi connectivity index (χ2n) is 7.25. The standard InChI is InChI=1S/C21H23ClN6O/c22-14-5-7-18-17(11-14)21(26-15-3-1-2-4-15)28-19(27-18)13-25-20(29)8-6-16-12-23-9-10-24-16/h5,7,9-12,15H,1-4,6,8,13H2,(H,25,29)(H,26,27,28). The largest absolute Gasteiger partial charge is 0.367 e. The summed E-state index contributed by atoms with van der Waals surface area (Å²) < 4.78 is 0. The Morgan fingerprint density at radius 1 is 1.17 bits per heavy atom. The molecule has 3 aromatic rings. The third-order valence-corrected chi connectivity index (χ3v) is 5.30. The van der Waals surface area contributed by atoms with Crippen molar-refractivity contribution in [3.05, 3.63) is 53.3 Å². The van der Waals surface area contributed by atoms with E-state index in [0.717, 1.165) is 35.3 Å². The third-order valence-electron chi connectivity index (χ3n) is 5.07. The maximum Gasteiger partial charge on any atom is 0.220 e. The molecule has 0 unspecified atom stereocenters. The summed E-state index contributed by atoms with van der Waals surface area (Å²) in [5.41, 5.74) is 1.61. The summed E-state index contributed by atoms with van der Waals surface area (Å²) in [4.78, 5) is 29.7. The Morgan fingerprint density at radius 3 is 2.83 bits per heavy atom. The fourth-order valence-corrected chi connectivity index (χ4v) is 3.74. The van der Waals surface area contributed by atoms with E-state index >= 15 is 0 Å². The van der Waals surface area contributed by atoms with E-state index in [9.17, 15) is 4.79 Å². The van der Waals surface area contributed by atoms with Crippen molar-refractivity contribution < 1.29 is 4.79 Å². The Kier molecular flexibility index (Phi) is 6.14. The Hall–Kier alpha value is -2.80. The van der Waals surface area contributed by atoms with Crippen molar-refractivity contribution in [3.63, 3.8) is 0 Å². The molecule has 1 saturated carbocycles. The number of aryl methyl sites for hydroxylation is 1. The van der Waals surface area contributed by atoms with Gasteiger partial charge in [-0.15, -0.1) is 0 Å². The lowest BCUT2D eigenvalue weighted by atomic mass is 10.2. The van der Waals surface area contributed by atoms with Crippen LogP contribution in [0.25, 0.3) is 10.9 Å². The molecule has 0 radical (unpaired) electrons. The highest BCUT2D eigenvalue weighted by molar-refractivity contribution is 6.31. The lowest BCUT2D eigenvalue weighted by molar-refractivity contribution is -0.121. The molecular weight excluding hydrogens is 388 g/mol. The second-order valence-corrected chi connectivity index (χ2v) is 7.69. The number of benzene rings is 1. The molecule has 4 rings (SSSR count). The average molecular weight is 411 g/mol. The van der Waals surface area contributed by atoms with Crippen LogP contribution in [0.5, 0.6) is 0 Å². The van der Waals surface area contributed by atoms with E-state index in [0.29, 0.717) is 29.7 Å².